The van der Waals surface area contributed by atoms with E-state index in [1.54, 1.807) is 0 Å². The van der Waals surface area contributed by atoms with E-state index in [0.717, 1.165) is 29.6 Å². The van der Waals surface area contributed by atoms with Gasteiger partial charge in [0.25, 0.3) is 0 Å². The third-order valence-electron chi connectivity index (χ3n) is 9.03. The lowest BCUT2D eigenvalue weighted by atomic mass is 9.45. The predicted octanol–water partition coefficient (Wildman–Crippen LogP) is 6.61. The van der Waals surface area contributed by atoms with Gasteiger partial charge in [0, 0.05) is 0 Å². The second kappa shape index (κ2) is 5.12. The van der Waals surface area contributed by atoms with Crippen LogP contribution in [0.3, 0.4) is 0 Å². The van der Waals surface area contributed by atoms with Gasteiger partial charge in [-0.2, -0.15) is 0 Å². The Morgan fingerprint density at radius 1 is 1.09 bits per heavy atom. The second-order valence-corrected chi connectivity index (χ2v) is 9.71. The summed E-state index contributed by atoms with van der Waals surface area (Å²) in [6, 6.07) is 0. The molecule has 0 bridgehead atoms. The van der Waals surface area contributed by atoms with Crippen molar-refractivity contribution >= 4 is 0 Å². The van der Waals surface area contributed by atoms with Gasteiger partial charge in [0.1, 0.15) is 0 Å². The smallest absolute Gasteiger partial charge is 0.00826 e. The van der Waals surface area contributed by atoms with Crippen molar-refractivity contribution in [3.8, 4) is 0 Å². The molecule has 4 aliphatic carbocycles. The van der Waals surface area contributed by atoms with Crippen molar-refractivity contribution in [2.45, 2.75) is 85.5 Å². The molecule has 0 N–H and O–H groups in total. The maximum atomic E-state index is 2.67. The highest BCUT2D eigenvalue weighted by atomic mass is 14.6. The number of hydrogen-bond donors (Lipinski definition) is 0. The number of hydrogen-bond acceptors (Lipinski definition) is 0. The lowest BCUT2D eigenvalue weighted by Crippen LogP contribution is -2.51. The highest BCUT2D eigenvalue weighted by Crippen LogP contribution is 2.67. The van der Waals surface area contributed by atoms with Crippen molar-refractivity contribution in [1.82, 2.24) is 0 Å². The molecule has 0 unspecified atom stereocenters. The van der Waals surface area contributed by atoms with Crippen LogP contribution >= 0.6 is 0 Å². The first-order valence-corrected chi connectivity index (χ1v) is 10.2. The summed E-state index contributed by atoms with van der Waals surface area (Å²) < 4.78 is 0. The van der Waals surface area contributed by atoms with Crippen LogP contribution in [0.4, 0.5) is 0 Å². The summed E-state index contributed by atoms with van der Waals surface area (Å²) in [7, 11) is 0. The molecule has 0 spiro atoms. The molecule has 22 heavy (non-hydrogen) atoms. The lowest BCUT2D eigenvalue weighted by molar-refractivity contribution is -0.0616. The van der Waals surface area contributed by atoms with Crippen LogP contribution < -0.4 is 0 Å². The Balaban J connectivity index is 1.69. The second-order valence-electron chi connectivity index (χ2n) is 9.71. The van der Waals surface area contributed by atoms with E-state index in [-0.39, 0.29) is 0 Å². The molecular weight excluding hydrogens is 264 g/mol. The van der Waals surface area contributed by atoms with E-state index in [4.69, 9.17) is 0 Å². The van der Waals surface area contributed by atoms with Crippen LogP contribution in [0.5, 0.6) is 0 Å². The molecule has 0 heteroatoms. The minimum atomic E-state index is 0.562. The van der Waals surface area contributed by atoms with Gasteiger partial charge in [-0.3, -0.25) is 0 Å². The third kappa shape index (κ3) is 1.88. The highest BCUT2D eigenvalue weighted by molar-refractivity contribution is 5.26. The molecule has 124 valence electrons. The fourth-order valence-electron chi connectivity index (χ4n) is 7.99. The van der Waals surface area contributed by atoms with Crippen LogP contribution in [-0.2, 0) is 0 Å². The zero-order valence-corrected chi connectivity index (χ0v) is 15.3. The third-order valence-corrected chi connectivity index (χ3v) is 9.03. The summed E-state index contributed by atoms with van der Waals surface area (Å²) in [4.78, 5) is 0. The van der Waals surface area contributed by atoms with E-state index in [1.807, 2.05) is 5.57 Å². The van der Waals surface area contributed by atoms with Crippen molar-refractivity contribution in [1.29, 1.82) is 0 Å². The molecule has 0 aromatic heterocycles. The van der Waals surface area contributed by atoms with Crippen molar-refractivity contribution in [3.63, 3.8) is 0 Å². The van der Waals surface area contributed by atoms with E-state index in [0.29, 0.717) is 10.8 Å². The zero-order chi connectivity index (χ0) is 15.5. The van der Waals surface area contributed by atoms with Crippen molar-refractivity contribution in [3.05, 3.63) is 11.6 Å². The van der Waals surface area contributed by atoms with Crippen LogP contribution in [0.25, 0.3) is 0 Å². The van der Waals surface area contributed by atoms with Crippen molar-refractivity contribution in [2.75, 3.05) is 0 Å². The average molecular weight is 301 g/mol. The Kier molecular flexibility index (Phi) is 3.55. The summed E-state index contributed by atoms with van der Waals surface area (Å²) in [6.45, 7) is 10.3. The normalized spacial score (nSPS) is 54.2. The van der Waals surface area contributed by atoms with Gasteiger partial charge in [0.05, 0.1) is 0 Å². The lowest BCUT2D eigenvalue weighted by Gasteiger charge is -2.60. The fraction of sp³-hybridized carbons (Fsp3) is 0.909. The average Bonchev–Trinajstić information content (AvgIpc) is 2.84. The van der Waals surface area contributed by atoms with Crippen LogP contribution in [0.2, 0.25) is 0 Å². The van der Waals surface area contributed by atoms with Gasteiger partial charge in [-0.05, 0) is 91.8 Å². The van der Waals surface area contributed by atoms with Crippen molar-refractivity contribution < 1.29 is 0 Å². The molecule has 0 nitrogen and oxygen atoms in total. The van der Waals surface area contributed by atoms with Crippen LogP contribution in [0, 0.1) is 40.4 Å². The molecule has 3 saturated carbocycles. The largest absolute Gasteiger partial charge is 0.0845 e. The van der Waals surface area contributed by atoms with Crippen LogP contribution in [-0.4, -0.2) is 0 Å². The van der Waals surface area contributed by atoms with Gasteiger partial charge in [-0.15, -0.1) is 0 Å². The van der Waals surface area contributed by atoms with E-state index in [9.17, 15) is 0 Å². The molecule has 3 fully saturated rings. The number of fused-ring (bicyclic) bond motifs is 5. The Morgan fingerprint density at radius 2 is 1.91 bits per heavy atom. The van der Waals surface area contributed by atoms with Gasteiger partial charge >= 0.3 is 0 Å². The predicted molar refractivity (Wildman–Crippen MR) is 94.6 cm³/mol. The van der Waals surface area contributed by atoms with E-state index >= 15 is 0 Å². The number of allylic oxidation sites excluding steroid dienone is 2. The van der Waals surface area contributed by atoms with E-state index < -0.39 is 0 Å². The summed E-state index contributed by atoms with van der Waals surface area (Å²) >= 11 is 0. The minimum Gasteiger partial charge on any atom is -0.0845 e. The minimum absolute atomic E-state index is 0.562. The highest BCUT2D eigenvalue weighted by Gasteiger charge is 2.59. The first kappa shape index (κ1) is 15.3. The molecule has 0 saturated heterocycles. The Labute approximate surface area is 138 Å². The summed E-state index contributed by atoms with van der Waals surface area (Å²) in [5.41, 5.74) is 3.11. The molecule has 0 aliphatic heterocycles. The van der Waals surface area contributed by atoms with E-state index in [1.165, 1.54) is 57.8 Å². The van der Waals surface area contributed by atoms with Gasteiger partial charge in [0.15, 0.2) is 0 Å². The van der Waals surface area contributed by atoms with Gasteiger partial charge < -0.3 is 0 Å². The molecule has 0 radical (unpaired) electrons. The Hall–Kier alpha value is -0.260. The standard InChI is InChI=1S/C22H36/c1-5-16-9-10-19-17-14-15(2)18-8-6-7-12-22(18,4)20(17)11-13-21(16,19)3/h8,15-17,19-20H,5-7,9-14H2,1-4H3/t15-,16-,17-,19-,20-,21+,22-/m0/s1. The summed E-state index contributed by atoms with van der Waals surface area (Å²) in [5, 5.41) is 0. The molecule has 0 aromatic carbocycles. The van der Waals surface area contributed by atoms with Gasteiger partial charge in [-0.1, -0.05) is 45.8 Å². The Bertz CT molecular complexity index is 474. The molecule has 4 aliphatic rings. The summed E-state index contributed by atoms with van der Waals surface area (Å²) in [5.74, 6) is 4.95. The molecule has 7 atom stereocenters. The molecule has 0 amide bonds. The zero-order valence-electron chi connectivity index (χ0n) is 15.3. The first-order valence-electron chi connectivity index (χ1n) is 10.2. The van der Waals surface area contributed by atoms with Gasteiger partial charge in [0.2, 0.25) is 0 Å². The quantitative estimate of drug-likeness (QED) is 0.478. The topological polar surface area (TPSA) is 0 Å². The molecule has 0 heterocycles. The van der Waals surface area contributed by atoms with Gasteiger partial charge in [-0.25, -0.2) is 0 Å². The molecular formula is C22H36. The molecule has 4 rings (SSSR count). The monoisotopic (exact) mass is 300 g/mol. The molecule has 0 aromatic rings. The number of rotatable bonds is 1. The first-order chi connectivity index (χ1) is 10.5. The fourth-order valence-corrected chi connectivity index (χ4v) is 7.99. The van der Waals surface area contributed by atoms with Crippen LogP contribution in [0.1, 0.15) is 85.5 Å². The van der Waals surface area contributed by atoms with Crippen LogP contribution in [0.15, 0.2) is 11.6 Å². The maximum absolute atomic E-state index is 2.67. The maximum Gasteiger partial charge on any atom is -0.00826 e. The van der Waals surface area contributed by atoms with Crippen molar-refractivity contribution in [2.24, 2.45) is 40.4 Å². The Morgan fingerprint density at radius 3 is 2.68 bits per heavy atom. The summed E-state index contributed by atoms with van der Waals surface area (Å²) in [6.07, 6.45) is 16.0. The van der Waals surface area contributed by atoms with E-state index in [2.05, 4.69) is 33.8 Å². The SMILES string of the molecule is CC[C@H]1CC[C@H]2[C@@H]3C[C@H](C)C4=CCCC[C@]4(C)[C@H]3CC[C@]12C.